The van der Waals surface area contributed by atoms with Gasteiger partial charge in [-0.05, 0) is 40.5 Å². The van der Waals surface area contributed by atoms with Gasteiger partial charge in [0.1, 0.15) is 5.75 Å². The van der Waals surface area contributed by atoms with E-state index in [1.54, 1.807) is 25.3 Å². The summed E-state index contributed by atoms with van der Waals surface area (Å²) in [4.78, 5) is 22.9. The van der Waals surface area contributed by atoms with E-state index in [0.29, 0.717) is 22.2 Å². The summed E-state index contributed by atoms with van der Waals surface area (Å²) in [5, 5.41) is 0. The molecule has 2 amide bonds. The molecule has 1 aromatic rings. The predicted octanol–water partition coefficient (Wildman–Crippen LogP) is 2.02. The van der Waals surface area contributed by atoms with Gasteiger partial charge in [-0.15, -0.1) is 0 Å². The molecule has 0 aromatic heterocycles. The molecule has 0 unspecified atom stereocenters. The Kier molecular flexibility index (Phi) is 5.64. The average molecular weight is 315 g/mol. The van der Waals surface area contributed by atoms with E-state index < -0.39 is 0 Å². The second kappa shape index (κ2) is 7.00. The summed E-state index contributed by atoms with van der Waals surface area (Å²) < 4.78 is 5.74. The van der Waals surface area contributed by atoms with Crippen LogP contribution in [0.2, 0.25) is 0 Å². The van der Waals surface area contributed by atoms with Crippen LogP contribution in [0.4, 0.5) is 0 Å². The fraction of sp³-hybridized carbons (Fsp3) is 0.333. The highest BCUT2D eigenvalue weighted by Crippen LogP contribution is 2.25. The molecular formula is C12H15BrN2O3. The van der Waals surface area contributed by atoms with Gasteiger partial charge < -0.3 is 4.74 Å². The molecule has 0 saturated carbocycles. The fourth-order valence-corrected chi connectivity index (χ4v) is 1.84. The largest absolute Gasteiger partial charge is 0.496 e. The molecule has 0 aliphatic heterocycles. The molecule has 5 nitrogen and oxygen atoms in total. The Bertz CT molecular complexity index is 449. The number of rotatable bonds is 4. The zero-order valence-electron chi connectivity index (χ0n) is 10.2. The fourth-order valence-electron chi connectivity index (χ4n) is 1.30. The third-order valence-corrected chi connectivity index (χ3v) is 2.83. The van der Waals surface area contributed by atoms with Crippen LogP contribution in [0.15, 0.2) is 22.7 Å². The lowest BCUT2D eigenvalue weighted by Crippen LogP contribution is -2.41. The second-order valence-corrected chi connectivity index (χ2v) is 4.46. The van der Waals surface area contributed by atoms with Crippen LogP contribution in [0.3, 0.4) is 0 Å². The van der Waals surface area contributed by atoms with E-state index in [-0.39, 0.29) is 11.8 Å². The van der Waals surface area contributed by atoms with Crippen molar-refractivity contribution in [1.29, 1.82) is 0 Å². The molecule has 1 aromatic carbocycles. The minimum absolute atomic E-state index is 0.210. The predicted molar refractivity (Wildman–Crippen MR) is 71.2 cm³/mol. The van der Waals surface area contributed by atoms with Gasteiger partial charge in [0.2, 0.25) is 5.91 Å². The number of benzene rings is 1. The maximum atomic E-state index is 11.7. The second-order valence-electron chi connectivity index (χ2n) is 3.60. The Morgan fingerprint density at radius 1 is 1.33 bits per heavy atom. The lowest BCUT2D eigenvalue weighted by molar-refractivity contribution is -0.121. The highest BCUT2D eigenvalue weighted by molar-refractivity contribution is 9.10. The number of hydrogen-bond donors (Lipinski definition) is 2. The molecule has 0 fully saturated rings. The number of carbonyl (C=O) groups is 2. The first-order valence-electron chi connectivity index (χ1n) is 5.51. The van der Waals surface area contributed by atoms with E-state index in [1.165, 1.54) is 0 Å². The summed E-state index contributed by atoms with van der Waals surface area (Å²) in [6.45, 7) is 1.89. The van der Waals surface area contributed by atoms with Crippen molar-refractivity contribution in [1.82, 2.24) is 10.9 Å². The number of hydrogen-bond acceptors (Lipinski definition) is 3. The first-order valence-corrected chi connectivity index (χ1v) is 6.30. The Hall–Kier alpha value is -1.56. The first kappa shape index (κ1) is 14.5. The molecule has 0 radical (unpaired) electrons. The molecule has 0 bridgehead atoms. The highest BCUT2D eigenvalue weighted by atomic mass is 79.9. The monoisotopic (exact) mass is 314 g/mol. The van der Waals surface area contributed by atoms with Crippen molar-refractivity contribution in [2.75, 3.05) is 7.11 Å². The van der Waals surface area contributed by atoms with Crippen LogP contribution in [0.25, 0.3) is 0 Å². The van der Waals surface area contributed by atoms with E-state index in [4.69, 9.17) is 4.74 Å². The molecule has 0 spiro atoms. The Labute approximate surface area is 114 Å². The first-order chi connectivity index (χ1) is 8.58. The van der Waals surface area contributed by atoms with Gasteiger partial charge in [0.05, 0.1) is 11.6 Å². The zero-order valence-corrected chi connectivity index (χ0v) is 11.8. The number of halogens is 1. The number of ether oxygens (including phenoxy) is 1. The molecule has 0 saturated heterocycles. The standard InChI is InChI=1S/C12H15BrN2O3/c1-3-4-11(16)14-15-12(17)8-5-6-10(18-2)9(13)7-8/h5-7H,3-4H2,1-2H3,(H,14,16)(H,15,17). The van der Waals surface area contributed by atoms with E-state index in [9.17, 15) is 9.59 Å². The van der Waals surface area contributed by atoms with Crippen molar-refractivity contribution in [2.24, 2.45) is 0 Å². The van der Waals surface area contributed by atoms with Crippen LogP contribution in [-0.2, 0) is 4.79 Å². The average Bonchev–Trinajstić information content (AvgIpc) is 2.36. The van der Waals surface area contributed by atoms with Gasteiger partial charge in [-0.1, -0.05) is 6.92 Å². The van der Waals surface area contributed by atoms with Gasteiger partial charge in [0.15, 0.2) is 0 Å². The molecule has 0 aliphatic rings. The summed E-state index contributed by atoms with van der Waals surface area (Å²) in [7, 11) is 1.55. The van der Waals surface area contributed by atoms with Crippen LogP contribution in [0.5, 0.6) is 5.75 Å². The highest BCUT2D eigenvalue weighted by Gasteiger charge is 2.09. The van der Waals surface area contributed by atoms with Crippen molar-refractivity contribution in [2.45, 2.75) is 19.8 Å². The molecule has 0 heterocycles. The van der Waals surface area contributed by atoms with Gasteiger partial charge >= 0.3 is 0 Å². The summed E-state index contributed by atoms with van der Waals surface area (Å²) in [5.74, 6) is 0.0582. The zero-order chi connectivity index (χ0) is 13.5. The minimum atomic E-state index is -0.372. The maximum Gasteiger partial charge on any atom is 0.269 e. The number of methoxy groups -OCH3 is 1. The number of carbonyl (C=O) groups excluding carboxylic acids is 2. The van der Waals surface area contributed by atoms with E-state index in [2.05, 4.69) is 26.8 Å². The van der Waals surface area contributed by atoms with Crippen LogP contribution < -0.4 is 15.6 Å². The summed E-state index contributed by atoms with van der Waals surface area (Å²) in [5.41, 5.74) is 5.12. The van der Waals surface area contributed by atoms with Crippen molar-refractivity contribution >= 4 is 27.7 Å². The smallest absolute Gasteiger partial charge is 0.269 e. The van der Waals surface area contributed by atoms with Crippen molar-refractivity contribution in [3.63, 3.8) is 0 Å². The SMILES string of the molecule is CCCC(=O)NNC(=O)c1ccc(OC)c(Br)c1. The van der Waals surface area contributed by atoms with Crippen LogP contribution in [-0.4, -0.2) is 18.9 Å². The lowest BCUT2D eigenvalue weighted by atomic mass is 10.2. The number of nitrogens with one attached hydrogen (secondary N) is 2. The minimum Gasteiger partial charge on any atom is -0.496 e. The van der Waals surface area contributed by atoms with Gasteiger partial charge in [-0.25, -0.2) is 0 Å². The van der Waals surface area contributed by atoms with Crippen molar-refractivity contribution in [3.05, 3.63) is 28.2 Å². The van der Waals surface area contributed by atoms with Crippen molar-refractivity contribution < 1.29 is 14.3 Å². The van der Waals surface area contributed by atoms with E-state index in [0.717, 1.165) is 6.42 Å². The quantitative estimate of drug-likeness (QED) is 0.835. The van der Waals surface area contributed by atoms with Crippen LogP contribution >= 0.6 is 15.9 Å². The van der Waals surface area contributed by atoms with Crippen molar-refractivity contribution in [3.8, 4) is 5.75 Å². The van der Waals surface area contributed by atoms with Gasteiger partial charge in [-0.2, -0.15) is 0 Å². The Balaban J connectivity index is 2.62. The summed E-state index contributed by atoms with van der Waals surface area (Å²) in [6, 6.07) is 4.91. The molecule has 0 aliphatic carbocycles. The van der Waals surface area contributed by atoms with Gasteiger partial charge in [0.25, 0.3) is 5.91 Å². The molecule has 2 N–H and O–H groups in total. The molecule has 6 heteroatoms. The third kappa shape index (κ3) is 4.03. The Morgan fingerprint density at radius 2 is 2.06 bits per heavy atom. The van der Waals surface area contributed by atoms with Gasteiger partial charge in [-0.3, -0.25) is 20.4 Å². The lowest BCUT2D eigenvalue weighted by Gasteiger charge is -2.08. The molecule has 1 rings (SSSR count). The van der Waals surface area contributed by atoms with Crippen LogP contribution in [0, 0.1) is 0 Å². The van der Waals surface area contributed by atoms with E-state index >= 15 is 0 Å². The van der Waals surface area contributed by atoms with Crippen LogP contribution in [0.1, 0.15) is 30.1 Å². The molecule has 98 valence electrons. The summed E-state index contributed by atoms with van der Waals surface area (Å²) >= 11 is 3.29. The maximum absolute atomic E-state index is 11.7. The molecular weight excluding hydrogens is 300 g/mol. The Morgan fingerprint density at radius 3 is 2.61 bits per heavy atom. The molecule has 0 atom stereocenters. The number of hydrazine groups is 1. The summed E-state index contributed by atoms with van der Waals surface area (Å²) in [6.07, 6.45) is 1.11. The number of amides is 2. The topological polar surface area (TPSA) is 67.4 Å². The van der Waals surface area contributed by atoms with Gasteiger partial charge in [0, 0.05) is 12.0 Å². The normalized spacial score (nSPS) is 9.72. The third-order valence-electron chi connectivity index (χ3n) is 2.21. The van der Waals surface area contributed by atoms with E-state index in [1.807, 2.05) is 6.92 Å². The molecule has 18 heavy (non-hydrogen) atoms.